The fourth-order valence-electron chi connectivity index (χ4n) is 1.48. The second-order valence-electron chi connectivity index (χ2n) is 3.68. The zero-order valence-corrected chi connectivity index (χ0v) is 8.24. The number of hydrogen-bond acceptors (Lipinski definition) is 4. The molecule has 0 aromatic carbocycles. The molecule has 0 aromatic heterocycles. The van der Waals surface area contributed by atoms with Crippen molar-refractivity contribution in [2.75, 3.05) is 26.3 Å². The van der Waals surface area contributed by atoms with Crippen LogP contribution in [0.4, 0.5) is 0 Å². The van der Waals surface area contributed by atoms with Crippen molar-refractivity contribution < 1.29 is 14.6 Å². The minimum absolute atomic E-state index is 0.110. The molecule has 1 atom stereocenters. The first-order valence-corrected chi connectivity index (χ1v) is 4.97. The number of carboxylic acid groups (broad SMARTS) is 1. The van der Waals surface area contributed by atoms with Gasteiger partial charge in [0.2, 0.25) is 0 Å². The highest BCUT2D eigenvalue weighted by atomic mass is 16.5. The Morgan fingerprint density at radius 1 is 1.57 bits per heavy atom. The molecule has 1 heterocycles. The SMILES string of the molecule is N[C@@H](COCC1CCNCC1)C(=O)O. The first-order valence-electron chi connectivity index (χ1n) is 4.97. The summed E-state index contributed by atoms with van der Waals surface area (Å²) in [5, 5.41) is 11.8. The number of rotatable bonds is 5. The molecule has 0 aliphatic carbocycles. The van der Waals surface area contributed by atoms with Crippen molar-refractivity contribution in [3.63, 3.8) is 0 Å². The van der Waals surface area contributed by atoms with Gasteiger partial charge in [-0.3, -0.25) is 4.79 Å². The van der Waals surface area contributed by atoms with Crippen molar-refractivity contribution in [3.05, 3.63) is 0 Å². The average Bonchev–Trinajstić information content (AvgIpc) is 2.19. The number of piperidine rings is 1. The van der Waals surface area contributed by atoms with Gasteiger partial charge in [0.25, 0.3) is 0 Å². The Balaban J connectivity index is 2.05. The van der Waals surface area contributed by atoms with Crippen LogP contribution in [0, 0.1) is 5.92 Å². The summed E-state index contributed by atoms with van der Waals surface area (Å²) in [7, 11) is 0. The van der Waals surface area contributed by atoms with Crippen LogP contribution in [-0.4, -0.2) is 43.4 Å². The molecule has 0 saturated carbocycles. The third kappa shape index (κ3) is 4.04. The van der Waals surface area contributed by atoms with E-state index in [9.17, 15) is 4.79 Å². The van der Waals surface area contributed by atoms with Gasteiger partial charge in [-0.1, -0.05) is 0 Å². The van der Waals surface area contributed by atoms with Gasteiger partial charge in [-0.05, 0) is 31.8 Å². The van der Waals surface area contributed by atoms with Gasteiger partial charge in [0.1, 0.15) is 6.04 Å². The third-order valence-electron chi connectivity index (χ3n) is 2.43. The highest BCUT2D eigenvalue weighted by Crippen LogP contribution is 2.11. The van der Waals surface area contributed by atoms with Crippen molar-refractivity contribution >= 4 is 5.97 Å². The summed E-state index contributed by atoms with van der Waals surface area (Å²) in [5.41, 5.74) is 5.30. The van der Waals surface area contributed by atoms with Crippen LogP contribution in [0.25, 0.3) is 0 Å². The van der Waals surface area contributed by atoms with Crippen LogP contribution in [0.2, 0.25) is 0 Å². The first-order chi connectivity index (χ1) is 6.70. The summed E-state index contributed by atoms with van der Waals surface area (Å²) in [4.78, 5) is 10.4. The second-order valence-corrected chi connectivity index (χ2v) is 3.68. The number of carbonyl (C=O) groups is 1. The predicted molar refractivity (Wildman–Crippen MR) is 52.0 cm³/mol. The van der Waals surface area contributed by atoms with Gasteiger partial charge in [-0.15, -0.1) is 0 Å². The molecular formula is C9H18N2O3. The summed E-state index contributed by atoms with van der Waals surface area (Å²) in [5.74, 6) is -0.451. The van der Waals surface area contributed by atoms with E-state index in [1.807, 2.05) is 0 Å². The maximum Gasteiger partial charge on any atom is 0.322 e. The molecule has 82 valence electrons. The normalized spacial score (nSPS) is 20.6. The largest absolute Gasteiger partial charge is 0.480 e. The molecule has 14 heavy (non-hydrogen) atoms. The highest BCUT2D eigenvalue weighted by Gasteiger charge is 2.15. The number of hydrogen-bond donors (Lipinski definition) is 3. The quantitative estimate of drug-likeness (QED) is 0.555. The molecule has 1 aliphatic heterocycles. The number of ether oxygens (including phenoxy) is 1. The Bertz CT molecular complexity index is 181. The van der Waals surface area contributed by atoms with E-state index in [-0.39, 0.29) is 6.61 Å². The molecule has 5 nitrogen and oxygen atoms in total. The minimum Gasteiger partial charge on any atom is -0.480 e. The zero-order chi connectivity index (χ0) is 10.4. The lowest BCUT2D eigenvalue weighted by molar-refractivity contribution is -0.140. The van der Waals surface area contributed by atoms with Crippen LogP contribution < -0.4 is 11.1 Å². The molecule has 0 spiro atoms. The summed E-state index contributed by atoms with van der Waals surface area (Å²) in [6, 6.07) is -0.892. The van der Waals surface area contributed by atoms with E-state index in [1.54, 1.807) is 0 Å². The van der Waals surface area contributed by atoms with Gasteiger partial charge in [0, 0.05) is 6.61 Å². The molecule has 0 aromatic rings. The molecule has 1 aliphatic rings. The maximum absolute atomic E-state index is 10.4. The van der Waals surface area contributed by atoms with Gasteiger partial charge in [-0.25, -0.2) is 0 Å². The summed E-state index contributed by atoms with van der Waals surface area (Å²) in [6.07, 6.45) is 2.20. The Morgan fingerprint density at radius 3 is 2.79 bits per heavy atom. The Kier molecular flexibility index (Phi) is 4.86. The van der Waals surface area contributed by atoms with Crippen LogP contribution in [0.3, 0.4) is 0 Å². The molecule has 1 fully saturated rings. The van der Waals surface area contributed by atoms with E-state index in [2.05, 4.69) is 5.32 Å². The van der Waals surface area contributed by atoms with Gasteiger partial charge >= 0.3 is 5.97 Å². The van der Waals surface area contributed by atoms with Gasteiger partial charge in [0.15, 0.2) is 0 Å². The number of carboxylic acids is 1. The van der Waals surface area contributed by atoms with Crippen molar-refractivity contribution in [3.8, 4) is 0 Å². The van der Waals surface area contributed by atoms with Crippen molar-refractivity contribution in [2.45, 2.75) is 18.9 Å². The minimum atomic E-state index is -1.00. The van der Waals surface area contributed by atoms with Crippen LogP contribution in [0.15, 0.2) is 0 Å². The smallest absolute Gasteiger partial charge is 0.322 e. The Morgan fingerprint density at radius 2 is 2.21 bits per heavy atom. The van der Waals surface area contributed by atoms with Crippen molar-refractivity contribution in [1.29, 1.82) is 0 Å². The molecule has 0 unspecified atom stereocenters. The molecule has 0 amide bonds. The summed E-state index contributed by atoms with van der Waals surface area (Å²) < 4.78 is 5.26. The van der Waals surface area contributed by atoms with E-state index >= 15 is 0 Å². The van der Waals surface area contributed by atoms with E-state index in [1.165, 1.54) is 0 Å². The number of aliphatic carboxylic acids is 1. The Hall–Kier alpha value is -0.650. The van der Waals surface area contributed by atoms with Crippen LogP contribution in [-0.2, 0) is 9.53 Å². The number of nitrogens with two attached hydrogens (primary N) is 1. The fourth-order valence-corrected chi connectivity index (χ4v) is 1.48. The lowest BCUT2D eigenvalue weighted by Gasteiger charge is -2.22. The zero-order valence-electron chi connectivity index (χ0n) is 8.24. The van der Waals surface area contributed by atoms with Gasteiger partial charge < -0.3 is 20.9 Å². The monoisotopic (exact) mass is 202 g/mol. The number of nitrogens with one attached hydrogen (secondary N) is 1. The maximum atomic E-state index is 10.4. The highest BCUT2D eigenvalue weighted by molar-refractivity contribution is 5.73. The van der Waals surface area contributed by atoms with Crippen LogP contribution in [0.1, 0.15) is 12.8 Å². The summed E-state index contributed by atoms with van der Waals surface area (Å²) >= 11 is 0. The molecule has 1 saturated heterocycles. The van der Waals surface area contributed by atoms with E-state index < -0.39 is 12.0 Å². The third-order valence-corrected chi connectivity index (χ3v) is 2.43. The standard InChI is InChI=1S/C9H18N2O3/c10-8(9(12)13)6-14-5-7-1-3-11-4-2-7/h7-8,11H,1-6,10H2,(H,12,13)/t8-/m0/s1. The Labute approximate surface area is 83.6 Å². The predicted octanol–water partition coefficient (Wildman–Crippen LogP) is -0.585. The fraction of sp³-hybridized carbons (Fsp3) is 0.889. The van der Waals surface area contributed by atoms with Gasteiger partial charge in [-0.2, -0.15) is 0 Å². The lowest BCUT2D eigenvalue weighted by Crippen LogP contribution is -2.36. The summed E-state index contributed by atoms with van der Waals surface area (Å²) in [6.45, 7) is 2.79. The van der Waals surface area contributed by atoms with E-state index in [0.29, 0.717) is 12.5 Å². The van der Waals surface area contributed by atoms with E-state index in [0.717, 1.165) is 25.9 Å². The van der Waals surface area contributed by atoms with Crippen molar-refractivity contribution in [2.24, 2.45) is 11.7 Å². The molecular weight excluding hydrogens is 184 g/mol. The molecule has 5 heteroatoms. The molecule has 4 N–H and O–H groups in total. The van der Waals surface area contributed by atoms with Crippen LogP contribution in [0.5, 0.6) is 0 Å². The first kappa shape index (κ1) is 11.4. The van der Waals surface area contributed by atoms with Crippen molar-refractivity contribution in [1.82, 2.24) is 5.32 Å². The topological polar surface area (TPSA) is 84.6 Å². The van der Waals surface area contributed by atoms with Gasteiger partial charge in [0.05, 0.1) is 6.61 Å². The average molecular weight is 202 g/mol. The van der Waals surface area contributed by atoms with Crippen LogP contribution >= 0.6 is 0 Å². The molecule has 1 rings (SSSR count). The molecule has 0 bridgehead atoms. The second kappa shape index (κ2) is 5.95. The lowest BCUT2D eigenvalue weighted by atomic mass is 9.99. The molecule has 0 radical (unpaired) electrons. The van der Waals surface area contributed by atoms with E-state index in [4.69, 9.17) is 15.6 Å².